The first-order valence-electron chi connectivity index (χ1n) is 6.09. The van der Waals surface area contributed by atoms with Crippen molar-refractivity contribution in [3.63, 3.8) is 0 Å². The Kier molecular flexibility index (Phi) is 3.48. The van der Waals surface area contributed by atoms with Gasteiger partial charge in [-0.15, -0.1) is 0 Å². The SMILES string of the molecule is CCN(C)c1ccc(-c2ccc(C)cc2)cc1. The molecule has 0 saturated heterocycles. The van der Waals surface area contributed by atoms with Gasteiger partial charge in [-0.25, -0.2) is 0 Å². The van der Waals surface area contributed by atoms with Gasteiger partial charge >= 0.3 is 0 Å². The van der Waals surface area contributed by atoms with E-state index in [1.54, 1.807) is 0 Å². The second-order valence-corrected chi connectivity index (χ2v) is 4.43. The molecule has 0 N–H and O–H groups in total. The summed E-state index contributed by atoms with van der Waals surface area (Å²) in [5, 5.41) is 0. The molecule has 88 valence electrons. The van der Waals surface area contributed by atoms with E-state index in [1.165, 1.54) is 22.4 Å². The number of rotatable bonds is 3. The molecule has 0 bridgehead atoms. The predicted octanol–water partition coefficient (Wildman–Crippen LogP) is 4.12. The third-order valence-corrected chi connectivity index (χ3v) is 3.17. The van der Waals surface area contributed by atoms with E-state index in [9.17, 15) is 0 Å². The molecule has 17 heavy (non-hydrogen) atoms. The molecule has 2 rings (SSSR count). The van der Waals surface area contributed by atoms with Gasteiger partial charge in [0.25, 0.3) is 0 Å². The largest absolute Gasteiger partial charge is 0.375 e. The van der Waals surface area contributed by atoms with Gasteiger partial charge in [0.2, 0.25) is 0 Å². The first kappa shape index (κ1) is 11.7. The van der Waals surface area contributed by atoms with E-state index in [0.717, 1.165) is 6.54 Å². The molecule has 0 heterocycles. The van der Waals surface area contributed by atoms with Crippen molar-refractivity contribution in [1.29, 1.82) is 0 Å². The minimum absolute atomic E-state index is 1.03. The third kappa shape index (κ3) is 2.68. The second-order valence-electron chi connectivity index (χ2n) is 4.43. The van der Waals surface area contributed by atoms with E-state index in [4.69, 9.17) is 0 Å². The van der Waals surface area contributed by atoms with Crippen molar-refractivity contribution in [3.8, 4) is 11.1 Å². The minimum Gasteiger partial charge on any atom is -0.375 e. The summed E-state index contributed by atoms with van der Waals surface area (Å²) in [5.74, 6) is 0. The van der Waals surface area contributed by atoms with Crippen LogP contribution in [-0.4, -0.2) is 13.6 Å². The van der Waals surface area contributed by atoms with Gasteiger partial charge < -0.3 is 4.90 Å². The fourth-order valence-corrected chi connectivity index (χ4v) is 1.84. The Morgan fingerprint density at radius 3 is 1.76 bits per heavy atom. The lowest BCUT2D eigenvalue weighted by Crippen LogP contribution is -2.15. The molecule has 0 fully saturated rings. The van der Waals surface area contributed by atoms with Gasteiger partial charge in [-0.2, -0.15) is 0 Å². The Hall–Kier alpha value is -1.76. The highest BCUT2D eigenvalue weighted by Gasteiger charge is 2.00. The normalized spacial score (nSPS) is 10.3. The highest BCUT2D eigenvalue weighted by molar-refractivity contribution is 5.66. The lowest BCUT2D eigenvalue weighted by Gasteiger charge is -2.16. The van der Waals surface area contributed by atoms with Crippen LogP contribution in [0.2, 0.25) is 0 Å². The van der Waals surface area contributed by atoms with E-state index >= 15 is 0 Å². The highest BCUT2D eigenvalue weighted by Crippen LogP contribution is 2.22. The van der Waals surface area contributed by atoms with E-state index < -0.39 is 0 Å². The summed E-state index contributed by atoms with van der Waals surface area (Å²) in [6.07, 6.45) is 0. The Balaban J connectivity index is 2.26. The summed E-state index contributed by atoms with van der Waals surface area (Å²) in [5.41, 5.74) is 5.12. The van der Waals surface area contributed by atoms with Crippen LogP contribution in [0, 0.1) is 6.92 Å². The minimum atomic E-state index is 1.03. The standard InChI is InChI=1S/C16H19N/c1-4-17(3)16-11-9-15(10-12-16)14-7-5-13(2)6-8-14/h5-12H,4H2,1-3H3. The van der Waals surface area contributed by atoms with Crippen LogP contribution >= 0.6 is 0 Å². The zero-order valence-corrected chi connectivity index (χ0v) is 10.8. The van der Waals surface area contributed by atoms with Crippen molar-refractivity contribution in [2.75, 3.05) is 18.5 Å². The maximum Gasteiger partial charge on any atom is 0.0363 e. The summed E-state index contributed by atoms with van der Waals surface area (Å²) < 4.78 is 0. The van der Waals surface area contributed by atoms with Gasteiger partial charge in [-0.3, -0.25) is 0 Å². The Bertz CT molecular complexity index is 468. The number of aryl methyl sites for hydroxylation is 1. The summed E-state index contributed by atoms with van der Waals surface area (Å²) >= 11 is 0. The quantitative estimate of drug-likeness (QED) is 0.759. The topological polar surface area (TPSA) is 3.24 Å². The first-order valence-corrected chi connectivity index (χ1v) is 6.09. The number of hydrogen-bond acceptors (Lipinski definition) is 1. The van der Waals surface area contributed by atoms with Crippen LogP contribution in [0.3, 0.4) is 0 Å². The maximum atomic E-state index is 2.24. The lowest BCUT2D eigenvalue weighted by atomic mass is 10.0. The molecule has 0 aliphatic rings. The summed E-state index contributed by atoms with van der Waals surface area (Å²) in [4.78, 5) is 2.24. The van der Waals surface area contributed by atoms with Crippen LogP contribution in [0.5, 0.6) is 0 Å². The van der Waals surface area contributed by atoms with Crippen molar-refractivity contribution < 1.29 is 0 Å². The van der Waals surface area contributed by atoms with E-state index in [-0.39, 0.29) is 0 Å². The highest BCUT2D eigenvalue weighted by atomic mass is 15.1. The third-order valence-electron chi connectivity index (χ3n) is 3.17. The smallest absolute Gasteiger partial charge is 0.0363 e. The van der Waals surface area contributed by atoms with E-state index in [0.29, 0.717) is 0 Å². The molecular weight excluding hydrogens is 206 g/mol. The van der Waals surface area contributed by atoms with E-state index in [2.05, 4.69) is 74.3 Å². The molecule has 0 aliphatic carbocycles. The van der Waals surface area contributed by atoms with Crippen LogP contribution in [0.25, 0.3) is 11.1 Å². The van der Waals surface area contributed by atoms with E-state index in [1.807, 2.05) is 0 Å². The van der Waals surface area contributed by atoms with Gasteiger partial charge in [-0.1, -0.05) is 42.0 Å². The van der Waals surface area contributed by atoms with Gasteiger partial charge in [0.05, 0.1) is 0 Å². The first-order chi connectivity index (χ1) is 8.20. The van der Waals surface area contributed by atoms with Crippen molar-refractivity contribution >= 4 is 5.69 Å². The molecule has 2 aromatic carbocycles. The molecule has 0 spiro atoms. The average Bonchev–Trinajstić information content (AvgIpc) is 2.39. The van der Waals surface area contributed by atoms with Crippen molar-refractivity contribution in [2.24, 2.45) is 0 Å². The lowest BCUT2D eigenvalue weighted by molar-refractivity contribution is 0.968. The monoisotopic (exact) mass is 225 g/mol. The molecule has 0 atom stereocenters. The van der Waals surface area contributed by atoms with Crippen LogP contribution in [-0.2, 0) is 0 Å². The Morgan fingerprint density at radius 1 is 0.824 bits per heavy atom. The summed E-state index contributed by atoms with van der Waals surface area (Å²) in [6.45, 7) is 5.31. The van der Waals surface area contributed by atoms with Gasteiger partial charge in [0.1, 0.15) is 0 Å². The molecule has 1 heteroatoms. The molecule has 0 aliphatic heterocycles. The van der Waals surface area contributed by atoms with Gasteiger partial charge in [-0.05, 0) is 37.1 Å². The fraction of sp³-hybridized carbons (Fsp3) is 0.250. The van der Waals surface area contributed by atoms with Crippen LogP contribution in [0.4, 0.5) is 5.69 Å². The summed E-state index contributed by atoms with van der Waals surface area (Å²) in [6, 6.07) is 17.4. The molecule has 1 nitrogen and oxygen atoms in total. The molecule has 0 unspecified atom stereocenters. The molecule has 0 saturated carbocycles. The van der Waals surface area contributed by atoms with Gasteiger partial charge in [0.15, 0.2) is 0 Å². The van der Waals surface area contributed by atoms with Gasteiger partial charge in [0, 0.05) is 19.3 Å². The predicted molar refractivity (Wildman–Crippen MR) is 75.6 cm³/mol. The maximum absolute atomic E-state index is 2.24. The summed E-state index contributed by atoms with van der Waals surface area (Å²) in [7, 11) is 2.11. The zero-order chi connectivity index (χ0) is 12.3. The van der Waals surface area contributed by atoms with Crippen molar-refractivity contribution in [3.05, 3.63) is 54.1 Å². The van der Waals surface area contributed by atoms with Crippen LogP contribution in [0.1, 0.15) is 12.5 Å². The zero-order valence-electron chi connectivity index (χ0n) is 10.8. The molecule has 0 radical (unpaired) electrons. The number of nitrogens with zero attached hydrogens (tertiary/aromatic N) is 1. The van der Waals surface area contributed by atoms with Crippen LogP contribution < -0.4 is 4.90 Å². The average molecular weight is 225 g/mol. The number of hydrogen-bond donors (Lipinski definition) is 0. The van der Waals surface area contributed by atoms with Crippen LogP contribution in [0.15, 0.2) is 48.5 Å². The Labute approximate surface area is 104 Å². The fourth-order valence-electron chi connectivity index (χ4n) is 1.84. The Morgan fingerprint density at radius 2 is 1.29 bits per heavy atom. The molecule has 0 amide bonds. The number of benzene rings is 2. The van der Waals surface area contributed by atoms with Crippen molar-refractivity contribution in [2.45, 2.75) is 13.8 Å². The second kappa shape index (κ2) is 5.05. The molecular formula is C16H19N. The number of anilines is 1. The molecule has 2 aromatic rings. The van der Waals surface area contributed by atoms with Crippen molar-refractivity contribution in [1.82, 2.24) is 0 Å². The molecule has 0 aromatic heterocycles.